The summed E-state index contributed by atoms with van der Waals surface area (Å²) in [6.07, 6.45) is 6.81. The largest absolute Gasteiger partial charge is 0.369 e. The molecule has 3 nitrogen and oxygen atoms in total. The number of hydrogen-bond acceptors (Lipinski definition) is 2. The quantitative estimate of drug-likeness (QED) is 0.478. The summed E-state index contributed by atoms with van der Waals surface area (Å²) in [5, 5.41) is 0. The molecule has 0 heterocycles. The highest BCUT2D eigenvalue weighted by atomic mass is 16.2. The molecule has 2 bridgehead atoms. The molecule has 0 aliphatic heterocycles. The Bertz CT molecular complexity index is 295. The van der Waals surface area contributed by atoms with Crippen LogP contribution in [0.3, 0.4) is 0 Å². The van der Waals surface area contributed by atoms with E-state index >= 15 is 0 Å². The molecule has 13 heavy (non-hydrogen) atoms. The van der Waals surface area contributed by atoms with Gasteiger partial charge in [0, 0.05) is 5.92 Å². The molecule has 2 atom stereocenters. The number of fused-ring (bicyclic) bond motifs is 2. The molecule has 0 spiro atoms. The Hall–Kier alpha value is -1.12. The lowest BCUT2D eigenvalue weighted by molar-refractivity contribution is -0.145. The van der Waals surface area contributed by atoms with Crippen LogP contribution in [0, 0.1) is 11.3 Å². The molecule has 0 radical (unpaired) electrons. The third kappa shape index (κ3) is 1.03. The van der Waals surface area contributed by atoms with Crippen LogP contribution in [0.2, 0.25) is 0 Å². The van der Waals surface area contributed by atoms with Crippen molar-refractivity contribution in [1.29, 1.82) is 0 Å². The summed E-state index contributed by atoms with van der Waals surface area (Å²) in [6, 6.07) is 0. The van der Waals surface area contributed by atoms with Crippen molar-refractivity contribution in [3.8, 4) is 0 Å². The van der Waals surface area contributed by atoms with E-state index in [1.807, 2.05) is 12.2 Å². The molecule has 0 aromatic heterocycles. The Kier molecular flexibility index (Phi) is 1.75. The number of carbonyl (C=O) groups is 2. The average Bonchev–Trinajstić information content (AvgIpc) is 2.03. The summed E-state index contributed by atoms with van der Waals surface area (Å²) in [6.45, 7) is 0. The Morgan fingerprint density at radius 2 is 2.38 bits per heavy atom. The van der Waals surface area contributed by atoms with Gasteiger partial charge in [0.15, 0.2) is 5.78 Å². The van der Waals surface area contributed by atoms with Crippen LogP contribution in [0.4, 0.5) is 0 Å². The standard InChI is InChI=1S/C10H13NO2/c11-9(13)10-5-1-3-7(8(10)12)4-2-6-10/h1,3,7H,2,4-6H2,(H2,11,13)/t7-,10-/m0/s1. The van der Waals surface area contributed by atoms with Crippen LogP contribution >= 0.6 is 0 Å². The lowest BCUT2D eigenvalue weighted by Crippen LogP contribution is -2.50. The maximum atomic E-state index is 11.8. The molecular formula is C10H13NO2. The van der Waals surface area contributed by atoms with E-state index in [-0.39, 0.29) is 11.7 Å². The minimum Gasteiger partial charge on any atom is -0.369 e. The summed E-state index contributed by atoms with van der Waals surface area (Å²) >= 11 is 0. The molecule has 2 N–H and O–H groups in total. The predicted octanol–water partition coefficient (Wildman–Crippen LogP) is 0.787. The van der Waals surface area contributed by atoms with E-state index in [9.17, 15) is 9.59 Å². The number of primary amides is 1. The molecule has 2 rings (SSSR count). The Labute approximate surface area is 77.0 Å². The van der Waals surface area contributed by atoms with Crippen LogP contribution in [0.1, 0.15) is 25.7 Å². The van der Waals surface area contributed by atoms with Crippen LogP contribution < -0.4 is 5.73 Å². The van der Waals surface area contributed by atoms with Gasteiger partial charge < -0.3 is 5.73 Å². The van der Waals surface area contributed by atoms with Gasteiger partial charge in [-0.15, -0.1) is 0 Å². The zero-order valence-corrected chi connectivity index (χ0v) is 7.45. The highest BCUT2D eigenvalue weighted by molar-refractivity contribution is 6.08. The van der Waals surface area contributed by atoms with Crippen molar-refractivity contribution < 1.29 is 9.59 Å². The van der Waals surface area contributed by atoms with E-state index in [4.69, 9.17) is 5.73 Å². The third-order valence-electron chi connectivity index (χ3n) is 3.23. The zero-order chi connectivity index (χ0) is 9.47. The molecule has 3 heteroatoms. The second kappa shape index (κ2) is 2.69. The van der Waals surface area contributed by atoms with E-state index in [2.05, 4.69) is 0 Å². The fourth-order valence-corrected chi connectivity index (χ4v) is 2.40. The number of Topliss-reactive ketones (excluding diaryl/α,β-unsaturated/α-hetero) is 1. The molecule has 1 fully saturated rings. The van der Waals surface area contributed by atoms with Crippen molar-refractivity contribution in [2.24, 2.45) is 17.1 Å². The highest BCUT2D eigenvalue weighted by Crippen LogP contribution is 2.42. The number of carbonyl (C=O) groups excluding carboxylic acids is 2. The average molecular weight is 179 g/mol. The van der Waals surface area contributed by atoms with Gasteiger partial charge in [-0.05, 0) is 19.3 Å². The predicted molar refractivity (Wildman–Crippen MR) is 47.7 cm³/mol. The molecule has 0 saturated heterocycles. The molecule has 1 amide bonds. The minimum atomic E-state index is -0.850. The smallest absolute Gasteiger partial charge is 0.231 e. The minimum absolute atomic E-state index is 0.0463. The highest BCUT2D eigenvalue weighted by Gasteiger charge is 2.49. The van der Waals surface area contributed by atoms with Gasteiger partial charge in [-0.3, -0.25) is 9.59 Å². The summed E-state index contributed by atoms with van der Waals surface area (Å²) in [5.41, 5.74) is 4.46. The summed E-state index contributed by atoms with van der Waals surface area (Å²) in [4.78, 5) is 23.1. The van der Waals surface area contributed by atoms with Crippen molar-refractivity contribution in [3.63, 3.8) is 0 Å². The Morgan fingerprint density at radius 1 is 1.62 bits per heavy atom. The van der Waals surface area contributed by atoms with Crippen molar-refractivity contribution >= 4 is 11.7 Å². The van der Waals surface area contributed by atoms with Crippen LogP contribution in [0.5, 0.6) is 0 Å². The van der Waals surface area contributed by atoms with Gasteiger partial charge in [0.2, 0.25) is 5.91 Å². The first-order valence-corrected chi connectivity index (χ1v) is 4.68. The number of hydrogen-bond donors (Lipinski definition) is 1. The molecular weight excluding hydrogens is 166 g/mol. The van der Waals surface area contributed by atoms with E-state index in [1.54, 1.807) is 0 Å². The van der Waals surface area contributed by atoms with E-state index in [1.165, 1.54) is 0 Å². The topological polar surface area (TPSA) is 60.2 Å². The van der Waals surface area contributed by atoms with Crippen LogP contribution in [-0.4, -0.2) is 11.7 Å². The lowest BCUT2D eigenvalue weighted by Gasteiger charge is -2.38. The zero-order valence-electron chi connectivity index (χ0n) is 7.45. The Morgan fingerprint density at radius 3 is 3.00 bits per heavy atom. The van der Waals surface area contributed by atoms with Gasteiger partial charge in [-0.2, -0.15) is 0 Å². The second-order valence-corrected chi connectivity index (χ2v) is 3.94. The Balaban J connectivity index is 2.42. The number of ketones is 1. The number of rotatable bonds is 1. The van der Waals surface area contributed by atoms with Gasteiger partial charge in [0.1, 0.15) is 5.41 Å². The normalized spacial score (nSPS) is 37.5. The number of allylic oxidation sites excluding steroid dienone is 2. The lowest BCUT2D eigenvalue weighted by atomic mass is 9.63. The van der Waals surface area contributed by atoms with Crippen molar-refractivity contribution in [2.45, 2.75) is 25.7 Å². The van der Waals surface area contributed by atoms with Crippen LogP contribution in [0.25, 0.3) is 0 Å². The van der Waals surface area contributed by atoms with Crippen molar-refractivity contribution in [1.82, 2.24) is 0 Å². The fraction of sp³-hybridized carbons (Fsp3) is 0.600. The third-order valence-corrected chi connectivity index (χ3v) is 3.23. The van der Waals surface area contributed by atoms with Crippen LogP contribution in [0.15, 0.2) is 12.2 Å². The first-order chi connectivity index (χ1) is 6.17. The van der Waals surface area contributed by atoms with Gasteiger partial charge in [-0.1, -0.05) is 18.6 Å². The summed E-state index contributed by atoms with van der Waals surface area (Å²) in [7, 11) is 0. The molecule has 70 valence electrons. The molecule has 2 aliphatic carbocycles. The second-order valence-electron chi connectivity index (χ2n) is 3.94. The molecule has 1 saturated carbocycles. The molecule has 2 aliphatic rings. The SMILES string of the molecule is NC(=O)[C@@]12CC=C[C@@H](CCC1)C2=O. The first kappa shape index (κ1) is 8.48. The molecule has 0 aromatic rings. The number of nitrogens with two attached hydrogens (primary N) is 1. The number of amides is 1. The van der Waals surface area contributed by atoms with E-state index < -0.39 is 11.3 Å². The van der Waals surface area contributed by atoms with E-state index in [0.29, 0.717) is 12.8 Å². The van der Waals surface area contributed by atoms with Crippen molar-refractivity contribution in [3.05, 3.63) is 12.2 Å². The maximum Gasteiger partial charge on any atom is 0.231 e. The van der Waals surface area contributed by atoms with Crippen LogP contribution in [-0.2, 0) is 9.59 Å². The summed E-state index contributed by atoms with van der Waals surface area (Å²) in [5.74, 6) is -0.435. The first-order valence-electron chi connectivity index (χ1n) is 4.68. The summed E-state index contributed by atoms with van der Waals surface area (Å²) < 4.78 is 0. The van der Waals surface area contributed by atoms with Gasteiger partial charge in [-0.25, -0.2) is 0 Å². The maximum absolute atomic E-state index is 11.8. The fourth-order valence-electron chi connectivity index (χ4n) is 2.40. The monoisotopic (exact) mass is 179 g/mol. The molecule has 0 unspecified atom stereocenters. The van der Waals surface area contributed by atoms with Crippen molar-refractivity contribution in [2.75, 3.05) is 0 Å². The van der Waals surface area contributed by atoms with Gasteiger partial charge in [0.05, 0.1) is 0 Å². The molecule has 0 aromatic carbocycles. The van der Waals surface area contributed by atoms with E-state index in [0.717, 1.165) is 12.8 Å². The van der Waals surface area contributed by atoms with Gasteiger partial charge in [0.25, 0.3) is 0 Å². The van der Waals surface area contributed by atoms with Gasteiger partial charge >= 0.3 is 0 Å².